The summed E-state index contributed by atoms with van der Waals surface area (Å²) >= 11 is 11.9. The number of nitrogens with zero attached hydrogens (tertiary/aromatic N) is 3. The van der Waals surface area contributed by atoms with Crippen LogP contribution in [0.2, 0.25) is 10.0 Å². The van der Waals surface area contributed by atoms with Gasteiger partial charge in [-0.3, -0.25) is 9.69 Å². The molecule has 0 bridgehead atoms. The highest BCUT2D eigenvalue weighted by Crippen LogP contribution is 2.30. The SMILES string of the molecule is CC1=NN(c2ccc(Cl)c(Cl)c2)C(=O)C1CN1CCOCC1. The summed E-state index contributed by atoms with van der Waals surface area (Å²) in [6, 6.07) is 5.09. The Hall–Kier alpha value is -1.14. The number of anilines is 1. The van der Waals surface area contributed by atoms with E-state index in [9.17, 15) is 4.79 Å². The maximum atomic E-state index is 12.7. The molecule has 1 atom stereocenters. The lowest BCUT2D eigenvalue weighted by molar-refractivity contribution is -0.120. The summed E-state index contributed by atoms with van der Waals surface area (Å²) in [4.78, 5) is 14.9. The van der Waals surface area contributed by atoms with E-state index in [1.54, 1.807) is 18.2 Å². The van der Waals surface area contributed by atoms with E-state index in [1.165, 1.54) is 5.01 Å². The van der Waals surface area contributed by atoms with Crippen LogP contribution in [0, 0.1) is 5.92 Å². The van der Waals surface area contributed by atoms with E-state index in [0.29, 0.717) is 35.5 Å². The van der Waals surface area contributed by atoms with Crippen molar-refractivity contribution in [3.8, 4) is 0 Å². The summed E-state index contributed by atoms with van der Waals surface area (Å²) in [5.41, 5.74) is 1.46. The minimum absolute atomic E-state index is 0.0256. The van der Waals surface area contributed by atoms with Gasteiger partial charge in [-0.15, -0.1) is 0 Å². The molecule has 1 saturated heterocycles. The Balaban J connectivity index is 1.75. The molecule has 5 nitrogen and oxygen atoms in total. The van der Waals surface area contributed by atoms with Crippen molar-refractivity contribution in [1.29, 1.82) is 0 Å². The molecule has 0 aromatic heterocycles. The normalized spacial score (nSPS) is 23.0. The van der Waals surface area contributed by atoms with Crippen molar-refractivity contribution in [2.75, 3.05) is 37.9 Å². The monoisotopic (exact) mass is 341 g/mol. The molecule has 2 aliphatic heterocycles. The van der Waals surface area contributed by atoms with Crippen molar-refractivity contribution in [1.82, 2.24) is 4.90 Å². The second-order valence-electron chi connectivity index (χ2n) is 5.46. The lowest BCUT2D eigenvalue weighted by Crippen LogP contribution is -2.43. The van der Waals surface area contributed by atoms with Gasteiger partial charge < -0.3 is 4.74 Å². The average Bonchev–Trinajstić information content (AvgIpc) is 2.79. The molecule has 0 saturated carbocycles. The largest absolute Gasteiger partial charge is 0.379 e. The third-order valence-electron chi connectivity index (χ3n) is 3.96. The molecule has 118 valence electrons. The van der Waals surface area contributed by atoms with Crippen LogP contribution in [0.4, 0.5) is 5.69 Å². The second-order valence-corrected chi connectivity index (χ2v) is 6.27. The molecular weight excluding hydrogens is 325 g/mol. The summed E-state index contributed by atoms with van der Waals surface area (Å²) in [5, 5.41) is 6.69. The van der Waals surface area contributed by atoms with E-state index >= 15 is 0 Å². The molecule has 22 heavy (non-hydrogen) atoms. The quantitative estimate of drug-likeness (QED) is 0.848. The summed E-state index contributed by atoms with van der Waals surface area (Å²) < 4.78 is 5.34. The van der Waals surface area contributed by atoms with Crippen LogP contribution in [0.25, 0.3) is 0 Å². The Morgan fingerprint density at radius 1 is 1.27 bits per heavy atom. The fraction of sp³-hybridized carbons (Fsp3) is 0.467. The molecule has 7 heteroatoms. The maximum Gasteiger partial charge on any atom is 0.257 e. The molecule has 0 N–H and O–H groups in total. The number of hydrogen-bond donors (Lipinski definition) is 0. The zero-order valence-electron chi connectivity index (χ0n) is 12.3. The van der Waals surface area contributed by atoms with Gasteiger partial charge in [0.25, 0.3) is 5.91 Å². The molecule has 3 rings (SSSR count). The number of rotatable bonds is 3. The van der Waals surface area contributed by atoms with Gasteiger partial charge in [-0.1, -0.05) is 23.2 Å². The number of hydrazone groups is 1. The number of ether oxygens (including phenoxy) is 1. The average molecular weight is 342 g/mol. The van der Waals surface area contributed by atoms with Gasteiger partial charge in [-0.05, 0) is 25.1 Å². The van der Waals surface area contributed by atoms with E-state index in [0.717, 1.165) is 18.8 Å². The minimum Gasteiger partial charge on any atom is -0.379 e. The number of carbonyl (C=O) groups excluding carboxylic acids is 1. The topological polar surface area (TPSA) is 45.1 Å². The van der Waals surface area contributed by atoms with E-state index in [1.807, 2.05) is 6.92 Å². The summed E-state index contributed by atoms with van der Waals surface area (Å²) in [7, 11) is 0. The predicted molar refractivity (Wildman–Crippen MR) is 87.8 cm³/mol. The van der Waals surface area contributed by atoms with Crippen molar-refractivity contribution in [2.45, 2.75) is 6.92 Å². The van der Waals surface area contributed by atoms with E-state index in [2.05, 4.69) is 10.0 Å². The third-order valence-corrected chi connectivity index (χ3v) is 4.70. The molecule has 0 spiro atoms. The molecule has 1 unspecified atom stereocenters. The Bertz CT molecular complexity index is 615. The van der Waals surface area contributed by atoms with Gasteiger partial charge in [0.1, 0.15) is 0 Å². The van der Waals surface area contributed by atoms with Gasteiger partial charge in [0.2, 0.25) is 0 Å². The lowest BCUT2D eigenvalue weighted by Gasteiger charge is -2.28. The summed E-state index contributed by atoms with van der Waals surface area (Å²) in [5.74, 6) is -0.241. The number of benzene rings is 1. The van der Waals surface area contributed by atoms with Crippen LogP contribution in [-0.4, -0.2) is 49.4 Å². The second kappa shape index (κ2) is 6.54. The molecule has 2 heterocycles. The molecule has 1 aromatic rings. The highest BCUT2D eigenvalue weighted by atomic mass is 35.5. The van der Waals surface area contributed by atoms with Crippen LogP contribution >= 0.6 is 23.2 Å². The fourth-order valence-corrected chi connectivity index (χ4v) is 2.95. The molecule has 0 aliphatic carbocycles. The lowest BCUT2D eigenvalue weighted by atomic mass is 10.0. The summed E-state index contributed by atoms with van der Waals surface area (Å²) in [6.45, 7) is 5.70. The van der Waals surface area contributed by atoms with Crippen LogP contribution in [-0.2, 0) is 9.53 Å². The van der Waals surface area contributed by atoms with Crippen molar-refractivity contribution >= 4 is 40.5 Å². The zero-order chi connectivity index (χ0) is 15.7. The number of halogens is 2. The first kappa shape index (κ1) is 15.7. The molecule has 1 aromatic carbocycles. The highest BCUT2D eigenvalue weighted by Gasteiger charge is 2.35. The van der Waals surface area contributed by atoms with Crippen LogP contribution in [0.3, 0.4) is 0 Å². The summed E-state index contributed by atoms with van der Waals surface area (Å²) in [6.07, 6.45) is 0. The van der Waals surface area contributed by atoms with Crippen molar-refractivity contribution in [3.05, 3.63) is 28.2 Å². The van der Waals surface area contributed by atoms with Gasteiger partial charge >= 0.3 is 0 Å². The Kier molecular flexibility index (Phi) is 4.68. The maximum absolute atomic E-state index is 12.7. The van der Waals surface area contributed by atoms with Gasteiger partial charge in [-0.25, -0.2) is 5.01 Å². The van der Waals surface area contributed by atoms with Crippen LogP contribution in [0.5, 0.6) is 0 Å². The Labute approximate surface area is 139 Å². The molecule has 1 amide bonds. The molecular formula is C15H17Cl2N3O2. The number of amides is 1. The number of morpholine rings is 1. The minimum atomic E-state index is -0.215. The van der Waals surface area contributed by atoms with Gasteiger partial charge in [-0.2, -0.15) is 5.10 Å². The van der Waals surface area contributed by atoms with Crippen LogP contribution < -0.4 is 5.01 Å². The van der Waals surface area contributed by atoms with Crippen molar-refractivity contribution in [3.63, 3.8) is 0 Å². The smallest absolute Gasteiger partial charge is 0.257 e. The Morgan fingerprint density at radius 2 is 2.00 bits per heavy atom. The van der Waals surface area contributed by atoms with Gasteiger partial charge in [0, 0.05) is 25.3 Å². The molecule has 2 aliphatic rings. The highest BCUT2D eigenvalue weighted by molar-refractivity contribution is 6.42. The number of hydrogen-bond acceptors (Lipinski definition) is 4. The van der Waals surface area contributed by atoms with Crippen LogP contribution in [0.1, 0.15) is 6.92 Å². The third kappa shape index (κ3) is 3.13. The van der Waals surface area contributed by atoms with E-state index in [-0.39, 0.29) is 11.8 Å². The van der Waals surface area contributed by atoms with Gasteiger partial charge in [0.15, 0.2) is 0 Å². The standard InChI is InChI=1S/C15H17Cl2N3O2/c1-10-12(9-19-4-6-22-7-5-19)15(21)20(18-10)11-2-3-13(16)14(17)8-11/h2-3,8,12H,4-7,9H2,1H3. The number of carbonyl (C=O) groups is 1. The first-order valence-corrected chi connectivity index (χ1v) is 7.96. The van der Waals surface area contributed by atoms with Crippen molar-refractivity contribution < 1.29 is 9.53 Å². The Morgan fingerprint density at radius 3 is 2.68 bits per heavy atom. The van der Waals surface area contributed by atoms with Crippen LogP contribution in [0.15, 0.2) is 23.3 Å². The molecule has 0 radical (unpaired) electrons. The first-order chi connectivity index (χ1) is 10.6. The first-order valence-electron chi connectivity index (χ1n) is 7.20. The van der Waals surface area contributed by atoms with E-state index in [4.69, 9.17) is 27.9 Å². The van der Waals surface area contributed by atoms with Crippen molar-refractivity contribution in [2.24, 2.45) is 11.0 Å². The van der Waals surface area contributed by atoms with E-state index < -0.39 is 0 Å². The predicted octanol–water partition coefficient (Wildman–Crippen LogP) is 2.66. The fourth-order valence-electron chi connectivity index (χ4n) is 2.66. The molecule has 1 fully saturated rings. The zero-order valence-corrected chi connectivity index (χ0v) is 13.8. The van der Waals surface area contributed by atoms with Gasteiger partial charge in [0.05, 0.1) is 34.9 Å².